The Morgan fingerprint density at radius 3 is 1.86 bits per heavy atom. The summed E-state index contributed by atoms with van der Waals surface area (Å²) < 4.78 is 1.57. The number of hydrogen-bond donors (Lipinski definition) is 1. The fraction of sp³-hybridized carbons (Fsp3) is 0.0435. The Bertz CT molecular complexity index is 1030. The van der Waals surface area contributed by atoms with Gasteiger partial charge in [-0.1, -0.05) is 48.5 Å². The van der Waals surface area contributed by atoms with Crippen molar-refractivity contribution < 1.29 is 0 Å². The number of aromatic nitrogens is 2. The van der Waals surface area contributed by atoms with Crippen molar-refractivity contribution in [1.29, 1.82) is 0 Å². The molecule has 0 saturated heterocycles. The highest BCUT2D eigenvalue weighted by Crippen LogP contribution is 2.33. The van der Waals surface area contributed by atoms with Crippen LogP contribution in [0.1, 0.15) is 11.3 Å². The average molecular weight is 367 g/mol. The van der Waals surface area contributed by atoms with Gasteiger partial charge < -0.3 is 10.6 Å². The molecule has 2 N–H and O–H groups in total. The molecule has 3 aromatic carbocycles. The first-order chi connectivity index (χ1) is 13.7. The van der Waals surface area contributed by atoms with E-state index in [1.807, 2.05) is 55.5 Å². The van der Waals surface area contributed by atoms with Crippen LogP contribution in [-0.4, -0.2) is 15.9 Å². The molecule has 0 atom stereocenters. The van der Waals surface area contributed by atoms with Crippen molar-refractivity contribution >= 4 is 29.2 Å². The molecule has 0 aliphatic rings. The van der Waals surface area contributed by atoms with Crippen LogP contribution in [0.4, 0.5) is 23.0 Å². The number of aryl methyl sites for hydroxylation is 1. The fourth-order valence-electron chi connectivity index (χ4n) is 3.04. The Morgan fingerprint density at radius 1 is 0.821 bits per heavy atom. The number of benzene rings is 3. The van der Waals surface area contributed by atoms with Crippen LogP contribution in [0.5, 0.6) is 0 Å². The van der Waals surface area contributed by atoms with E-state index in [1.54, 1.807) is 17.1 Å². The van der Waals surface area contributed by atoms with Gasteiger partial charge in [0, 0.05) is 17.1 Å². The molecule has 1 heterocycles. The zero-order chi connectivity index (χ0) is 19.3. The molecular formula is C23H21N5. The van der Waals surface area contributed by atoms with Crippen molar-refractivity contribution in [3.63, 3.8) is 0 Å². The third kappa shape index (κ3) is 3.78. The lowest BCUT2D eigenvalue weighted by Gasteiger charge is -2.25. The first kappa shape index (κ1) is 17.5. The third-order valence-corrected chi connectivity index (χ3v) is 4.35. The summed E-state index contributed by atoms with van der Waals surface area (Å²) in [5.41, 5.74) is 10.9. The normalized spacial score (nSPS) is 11.0. The largest absolute Gasteiger partial charge is 0.368 e. The van der Waals surface area contributed by atoms with E-state index in [0.29, 0.717) is 5.95 Å². The summed E-state index contributed by atoms with van der Waals surface area (Å²) in [6.45, 7) is 1.89. The van der Waals surface area contributed by atoms with Crippen molar-refractivity contribution in [1.82, 2.24) is 9.66 Å². The van der Waals surface area contributed by atoms with Gasteiger partial charge in [0.25, 0.3) is 0 Å². The van der Waals surface area contributed by atoms with E-state index >= 15 is 0 Å². The van der Waals surface area contributed by atoms with Crippen molar-refractivity contribution in [2.45, 2.75) is 6.92 Å². The van der Waals surface area contributed by atoms with Gasteiger partial charge in [0.2, 0.25) is 5.95 Å². The van der Waals surface area contributed by atoms with Crippen LogP contribution in [0.25, 0.3) is 0 Å². The van der Waals surface area contributed by atoms with Crippen molar-refractivity contribution in [3.05, 3.63) is 102 Å². The van der Waals surface area contributed by atoms with E-state index in [4.69, 9.17) is 5.73 Å². The van der Waals surface area contributed by atoms with Crippen molar-refractivity contribution in [2.75, 3.05) is 10.6 Å². The zero-order valence-electron chi connectivity index (χ0n) is 15.6. The monoisotopic (exact) mass is 367 g/mol. The van der Waals surface area contributed by atoms with Gasteiger partial charge >= 0.3 is 0 Å². The van der Waals surface area contributed by atoms with Crippen LogP contribution in [0.2, 0.25) is 0 Å². The SMILES string of the molecule is Cc1cn(N=Cc2ccc(N(c3ccccc3)c3ccccc3)cc2)c(N)n1. The second-order valence-corrected chi connectivity index (χ2v) is 6.43. The second-order valence-electron chi connectivity index (χ2n) is 6.43. The molecule has 5 heteroatoms. The molecule has 0 bridgehead atoms. The smallest absolute Gasteiger partial charge is 0.221 e. The van der Waals surface area contributed by atoms with Crippen LogP contribution in [0, 0.1) is 6.92 Å². The molecule has 4 rings (SSSR count). The number of para-hydroxylation sites is 2. The van der Waals surface area contributed by atoms with Gasteiger partial charge in [-0.05, 0) is 48.9 Å². The minimum Gasteiger partial charge on any atom is -0.368 e. The summed E-state index contributed by atoms with van der Waals surface area (Å²) in [6, 6.07) is 28.9. The molecule has 0 unspecified atom stereocenters. The molecule has 0 amide bonds. The minimum absolute atomic E-state index is 0.379. The molecule has 1 aromatic heterocycles. The number of nitrogen functional groups attached to an aromatic ring is 1. The molecule has 138 valence electrons. The topological polar surface area (TPSA) is 59.4 Å². The lowest BCUT2D eigenvalue weighted by atomic mass is 10.1. The number of hydrogen-bond acceptors (Lipinski definition) is 4. The first-order valence-corrected chi connectivity index (χ1v) is 9.07. The molecule has 0 aliphatic carbocycles. The van der Waals surface area contributed by atoms with Gasteiger partial charge in [0.05, 0.1) is 18.1 Å². The Morgan fingerprint density at radius 2 is 1.36 bits per heavy atom. The highest BCUT2D eigenvalue weighted by Gasteiger charge is 2.11. The Balaban J connectivity index is 1.64. The highest BCUT2D eigenvalue weighted by molar-refractivity contribution is 5.82. The van der Waals surface area contributed by atoms with E-state index < -0.39 is 0 Å². The summed E-state index contributed by atoms with van der Waals surface area (Å²) in [4.78, 5) is 6.37. The summed E-state index contributed by atoms with van der Waals surface area (Å²) in [5.74, 6) is 0.379. The highest BCUT2D eigenvalue weighted by atomic mass is 15.4. The van der Waals surface area contributed by atoms with Gasteiger partial charge in [-0.25, -0.2) is 9.66 Å². The predicted molar refractivity (Wildman–Crippen MR) is 115 cm³/mol. The number of anilines is 4. The minimum atomic E-state index is 0.379. The van der Waals surface area contributed by atoms with E-state index in [1.165, 1.54) is 0 Å². The van der Waals surface area contributed by atoms with Gasteiger partial charge in [0.15, 0.2) is 0 Å². The maximum absolute atomic E-state index is 5.83. The Labute approximate surface area is 164 Å². The quantitative estimate of drug-likeness (QED) is 0.498. The fourth-order valence-corrected chi connectivity index (χ4v) is 3.04. The van der Waals surface area contributed by atoms with E-state index in [9.17, 15) is 0 Å². The molecule has 0 spiro atoms. The summed E-state index contributed by atoms with van der Waals surface area (Å²) in [7, 11) is 0. The average Bonchev–Trinajstić information content (AvgIpc) is 3.06. The molecule has 4 aromatic rings. The van der Waals surface area contributed by atoms with Crippen molar-refractivity contribution in [3.8, 4) is 0 Å². The Hall–Kier alpha value is -3.86. The molecule has 5 nitrogen and oxygen atoms in total. The van der Waals surface area contributed by atoms with Crippen LogP contribution < -0.4 is 10.6 Å². The maximum atomic E-state index is 5.83. The van der Waals surface area contributed by atoms with E-state index in [0.717, 1.165) is 28.3 Å². The lowest BCUT2D eigenvalue weighted by molar-refractivity contribution is 0.897. The van der Waals surface area contributed by atoms with Gasteiger partial charge in [-0.15, -0.1) is 0 Å². The summed E-state index contributed by atoms with van der Waals surface area (Å²) in [5, 5.41) is 4.38. The second kappa shape index (κ2) is 7.80. The number of nitrogens with zero attached hydrogens (tertiary/aromatic N) is 4. The number of imidazole rings is 1. The molecule has 0 fully saturated rings. The first-order valence-electron chi connectivity index (χ1n) is 9.07. The van der Waals surface area contributed by atoms with E-state index in [-0.39, 0.29) is 0 Å². The van der Waals surface area contributed by atoms with Crippen LogP contribution in [0.3, 0.4) is 0 Å². The summed E-state index contributed by atoms with van der Waals surface area (Å²) in [6.07, 6.45) is 3.57. The van der Waals surface area contributed by atoms with Gasteiger partial charge in [0.1, 0.15) is 0 Å². The molecular weight excluding hydrogens is 346 g/mol. The van der Waals surface area contributed by atoms with Crippen LogP contribution in [-0.2, 0) is 0 Å². The molecule has 28 heavy (non-hydrogen) atoms. The Kier molecular flexibility index (Phi) is 4.89. The molecule has 0 radical (unpaired) electrons. The van der Waals surface area contributed by atoms with Crippen LogP contribution in [0.15, 0.2) is 96.2 Å². The van der Waals surface area contributed by atoms with Crippen molar-refractivity contribution in [2.24, 2.45) is 5.10 Å². The van der Waals surface area contributed by atoms with Crippen LogP contribution >= 0.6 is 0 Å². The summed E-state index contributed by atoms with van der Waals surface area (Å²) >= 11 is 0. The standard InChI is InChI=1S/C23H21N5/c1-18-17-27(23(24)26-18)25-16-19-12-14-22(15-13-19)28(20-8-4-2-5-9-20)21-10-6-3-7-11-21/h2-17H,1H3,(H2,24,26). The number of nitrogens with two attached hydrogens (primary N) is 1. The van der Waals surface area contributed by atoms with Gasteiger partial charge in [-0.3, -0.25) is 0 Å². The zero-order valence-corrected chi connectivity index (χ0v) is 15.6. The lowest BCUT2D eigenvalue weighted by Crippen LogP contribution is -2.09. The maximum Gasteiger partial charge on any atom is 0.221 e. The predicted octanol–water partition coefficient (Wildman–Crippen LogP) is 5.13. The third-order valence-electron chi connectivity index (χ3n) is 4.35. The molecule has 0 aliphatic heterocycles. The molecule has 0 saturated carbocycles. The van der Waals surface area contributed by atoms with Gasteiger partial charge in [-0.2, -0.15) is 5.10 Å². The number of rotatable bonds is 5. The van der Waals surface area contributed by atoms with E-state index in [2.05, 4.69) is 51.4 Å².